The third kappa shape index (κ3) is 5.61. The summed E-state index contributed by atoms with van der Waals surface area (Å²) in [5.41, 5.74) is 2.86. The van der Waals surface area contributed by atoms with Gasteiger partial charge >= 0.3 is 0 Å². The lowest BCUT2D eigenvalue weighted by atomic mass is 10.1. The van der Waals surface area contributed by atoms with Gasteiger partial charge in [0.25, 0.3) is 0 Å². The lowest BCUT2D eigenvalue weighted by molar-refractivity contribution is 0.199. The normalized spacial score (nSPS) is 12.2. The summed E-state index contributed by atoms with van der Waals surface area (Å²) in [5, 5.41) is 25.8. The van der Waals surface area contributed by atoms with Gasteiger partial charge in [0, 0.05) is 11.3 Å². The first-order valence-corrected chi connectivity index (χ1v) is 11.2. The SMILES string of the molecule is CC(O)c1ccc(-c2ccc(CNCCCSc3nnnn3-c3ccccc3)o2)cc1. The van der Waals surface area contributed by atoms with Crippen molar-refractivity contribution in [2.24, 2.45) is 0 Å². The first-order chi connectivity index (χ1) is 15.2. The van der Waals surface area contributed by atoms with Crippen LogP contribution in [0.4, 0.5) is 0 Å². The van der Waals surface area contributed by atoms with Crippen LogP contribution in [0.5, 0.6) is 0 Å². The minimum absolute atomic E-state index is 0.463. The van der Waals surface area contributed by atoms with E-state index in [1.807, 2.05) is 66.7 Å². The number of tetrazole rings is 1. The Morgan fingerprint density at radius 3 is 2.65 bits per heavy atom. The minimum Gasteiger partial charge on any atom is -0.460 e. The highest BCUT2D eigenvalue weighted by atomic mass is 32.2. The van der Waals surface area contributed by atoms with Gasteiger partial charge in [0.1, 0.15) is 11.5 Å². The van der Waals surface area contributed by atoms with Gasteiger partial charge in [-0.25, -0.2) is 0 Å². The minimum atomic E-state index is -0.463. The van der Waals surface area contributed by atoms with E-state index in [1.165, 1.54) is 0 Å². The standard InChI is InChI=1S/C23H25N5O2S/c1-17(29)18-8-10-19(11-9-18)22-13-12-21(30-22)16-24-14-5-15-31-23-25-26-27-28(23)20-6-3-2-4-7-20/h2-4,6-13,17,24,29H,5,14-16H2,1H3. The Kier molecular flexibility index (Phi) is 7.14. The predicted molar refractivity (Wildman–Crippen MR) is 121 cm³/mol. The average Bonchev–Trinajstić information content (AvgIpc) is 3.46. The average molecular weight is 436 g/mol. The van der Waals surface area contributed by atoms with Gasteiger partial charge in [-0.1, -0.05) is 54.2 Å². The number of rotatable bonds is 10. The fourth-order valence-electron chi connectivity index (χ4n) is 3.13. The Labute approximate surface area is 185 Å². The zero-order valence-corrected chi connectivity index (χ0v) is 18.1. The second-order valence-corrected chi connectivity index (χ2v) is 8.21. The van der Waals surface area contributed by atoms with Crippen LogP contribution in [0.3, 0.4) is 0 Å². The molecule has 1 unspecified atom stereocenters. The van der Waals surface area contributed by atoms with Gasteiger partial charge in [0.05, 0.1) is 18.3 Å². The van der Waals surface area contributed by atoms with Crippen molar-refractivity contribution in [3.8, 4) is 17.0 Å². The summed E-state index contributed by atoms with van der Waals surface area (Å²) in [5.74, 6) is 2.65. The van der Waals surface area contributed by atoms with Crippen LogP contribution in [0.15, 0.2) is 76.3 Å². The number of furan rings is 1. The Morgan fingerprint density at radius 2 is 1.87 bits per heavy atom. The Morgan fingerprint density at radius 1 is 1.06 bits per heavy atom. The number of nitrogens with zero attached hydrogens (tertiary/aromatic N) is 4. The molecule has 0 radical (unpaired) electrons. The van der Waals surface area contributed by atoms with E-state index in [1.54, 1.807) is 23.4 Å². The zero-order valence-electron chi connectivity index (χ0n) is 17.3. The van der Waals surface area contributed by atoms with Crippen LogP contribution in [0.1, 0.15) is 30.8 Å². The van der Waals surface area contributed by atoms with Crippen LogP contribution in [-0.4, -0.2) is 37.6 Å². The van der Waals surface area contributed by atoms with Gasteiger partial charge < -0.3 is 14.8 Å². The molecule has 0 aliphatic heterocycles. The van der Waals surface area contributed by atoms with E-state index < -0.39 is 6.10 Å². The van der Waals surface area contributed by atoms with Gasteiger partial charge in [-0.05, 0) is 60.1 Å². The zero-order chi connectivity index (χ0) is 21.5. The van der Waals surface area contributed by atoms with Gasteiger partial charge in [-0.2, -0.15) is 4.68 Å². The van der Waals surface area contributed by atoms with Gasteiger partial charge in [0.15, 0.2) is 0 Å². The molecular formula is C23H25N5O2S. The van der Waals surface area contributed by atoms with Crippen LogP contribution in [0.25, 0.3) is 17.0 Å². The topological polar surface area (TPSA) is 89.0 Å². The number of benzene rings is 2. The first-order valence-electron chi connectivity index (χ1n) is 10.2. The fraction of sp³-hybridized carbons (Fsp3) is 0.261. The number of thioether (sulfide) groups is 1. The summed E-state index contributed by atoms with van der Waals surface area (Å²) in [6.07, 6.45) is 0.523. The second-order valence-electron chi connectivity index (χ2n) is 7.15. The van der Waals surface area contributed by atoms with Crippen molar-refractivity contribution >= 4 is 11.8 Å². The number of para-hydroxylation sites is 1. The van der Waals surface area contributed by atoms with E-state index in [4.69, 9.17) is 4.42 Å². The quantitative estimate of drug-likeness (QED) is 0.284. The number of hydrogen-bond donors (Lipinski definition) is 2. The Bertz CT molecular complexity index is 1080. The maximum atomic E-state index is 9.62. The molecule has 8 heteroatoms. The highest BCUT2D eigenvalue weighted by Crippen LogP contribution is 2.24. The highest BCUT2D eigenvalue weighted by Gasteiger charge is 2.09. The van der Waals surface area contributed by atoms with E-state index in [-0.39, 0.29) is 0 Å². The molecule has 4 aromatic rings. The lowest BCUT2D eigenvalue weighted by Gasteiger charge is -2.05. The summed E-state index contributed by atoms with van der Waals surface area (Å²) in [6.45, 7) is 3.31. The molecule has 0 bridgehead atoms. The predicted octanol–water partition coefficient (Wildman–Crippen LogP) is 4.25. The largest absolute Gasteiger partial charge is 0.460 e. The molecule has 2 heterocycles. The van der Waals surface area contributed by atoms with Crippen molar-refractivity contribution in [2.75, 3.05) is 12.3 Å². The molecule has 7 nitrogen and oxygen atoms in total. The number of aliphatic hydroxyl groups is 1. The summed E-state index contributed by atoms with van der Waals surface area (Å²) in [7, 11) is 0. The molecule has 1 atom stereocenters. The Balaban J connectivity index is 1.20. The molecule has 2 N–H and O–H groups in total. The molecule has 2 aromatic heterocycles. The van der Waals surface area contributed by atoms with Crippen LogP contribution < -0.4 is 5.32 Å². The number of aliphatic hydroxyl groups excluding tert-OH is 1. The second kappa shape index (κ2) is 10.4. The van der Waals surface area contributed by atoms with Crippen molar-refractivity contribution in [3.05, 3.63) is 78.1 Å². The molecule has 4 rings (SSSR count). The summed E-state index contributed by atoms with van der Waals surface area (Å²) in [4.78, 5) is 0. The molecular weight excluding hydrogens is 410 g/mol. The maximum absolute atomic E-state index is 9.62. The van der Waals surface area contributed by atoms with Gasteiger partial charge in [-0.15, -0.1) is 5.10 Å². The molecule has 160 valence electrons. The van der Waals surface area contributed by atoms with Gasteiger partial charge in [0.2, 0.25) is 5.16 Å². The third-order valence-corrected chi connectivity index (χ3v) is 5.81. The van der Waals surface area contributed by atoms with Crippen molar-refractivity contribution in [1.82, 2.24) is 25.5 Å². The maximum Gasteiger partial charge on any atom is 0.214 e. The summed E-state index contributed by atoms with van der Waals surface area (Å²) < 4.78 is 7.70. The van der Waals surface area contributed by atoms with E-state index in [2.05, 4.69) is 20.8 Å². The van der Waals surface area contributed by atoms with E-state index in [0.717, 1.165) is 52.2 Å². The Hall–Kier alpha value is -2.94. The highest BCUT2D eigenvalue weighted by molar-refractivity contribution is 7.99. The van der Waals surface area contributed by atoms with Gasteiger partial charge in [-0.3, -0.25) is 0 Å². The number of hydrogen-bond acceptors (Lipinski definition) is 7. The van der Waals surface area contributed by atoms with Crippen molar-refractivity contribution < 1.29 is 9.52 Å². The monoisotopic (exact) mass is 435 g/mol. The van der Waals surface area contributed by atoms with Crippen LogP contribution in [-0.2, 0) is 6.54 Å². The van der Waals surface area contributed by atoms with E-state index in [9.17, 15) is 5.11 Å². The summed E-state index contributed by atoms with van der Waals surface area (Å²) >= 11 is 1.64. The molecule has 0 saturated heterocycles. The first kappa shape index (κ1) is 21.3. The van der Waals surface area contributed by atoms with Crippen LogP contribution in [0, 0.1) is 0 Å². The fourth-order valence-corrected chi connectivity index (χ4v) is 3.96. The molecule has 2 aromatic carbocycles. The third-order valence-electron chi connectivity index (χ3n) is 4.81. The molecule has 0 saturated carbocycles. The molecule has 31 heavy (non-hydrogen) atoms. The van der Waals surface area contributed by atoms with Crippen molar-refractivity contribution in [3.63, 3.8) is 0 Å². The number of aromatic nitrogens is 4. The number of nitrogens with one attached hydrogen (secondary N) is 1. The molecule has 0 amide bonds. The van der Waals surface area contributed by atoms with Crippen molar-refractivity contribution in [2.45, 2.75) is 31.1 Å². The smallest absolute Gasteiger partial charge is 0.214 e. The van der Waals surface area contributed by atoms with Crippen LogP contribution >= 0.6 is 11.8 Å². The molecule has 0 spiro atoms. The van der Waals surface area contributed by atoms with E-state index >= 15 is 0 Å². The van der Waals surface area contributed by atoms with E-state index in [0.29, 0.717) is 6.54 Å². The van der Waals surface area contributed by atoms with Crippen molar-refractivity contribution in [1.29, 1.82) is 0 Å². The molecule has 0 aliphatic carbocycles. The molecule has 0 aliphatic rings. The van der Waals surface area contributed by atoms with Crippen LogP contribution in [0.2, 0.25) is 0 Å². The molecule has 0 fully saturated rings. The lowest BCUT2D eigenvalue weighted by Crippen LogP contribution is -2.14. The summed E-state index contributed by atoms with van der Waals surface area (Å²) in [6, 6.07) is 21.7.